The normalized spacial score (nSPS) is 16.1. The number of allylic oxidation sites excluding steroid dienone is 1. The van der Waals surface area contributed by atoms with Crippen LogP contribution < -0.4 is 9.47 Å². The molecule has 1 heterocycles. The van der Waals surface area contributed by atoms with Gasteiger partial charge >= 0.3 is 0 Å². The SMILES string of the molecule is C=CCCCOc1cccc2c1OC(C)(C)C2. The molecule has 0 bridgehead atoms. The molecule has 1 aliphatic rings. The molecule has 0 spiro atoms. The second-order valence-electron chi connectivity index (χ2n) is 5.06. The molecular formula is C15H20O2. The Labute approximate surface area is 103 Å². The van der Waals surface area contributed by atoms with Crippen LogP contribution in [-0.2, 0) is 6.42 Å². The van der Waals surface area contributed by atoms with E-state index < -0.39 is 0 Å². The van der Waals surface area contributed by atoms with Crippen molar-refractivity contribution >= 4 is 0 Å². The van der Waals surface area contributed by atoms with Crippen LogP contribution in [0.1, 0.15) is 32.3 Å². The summed E-state index contributed by atoms with van der Waals surface area (Å²) in [6.45, 7) is 8.63. The van der Waals surface area contributed by atoms with Crippen LogP contribution in [0.5, 0.6) is 11.5 Å². The van der Waals surface area contributed by atoms with Gasteiger partial charge in [-0.1, -0.05) is 18.2 Å². The molecule has 1 aromatic carbocycles. The highest BCUT2D eigenvalue weighted by atomic mass is 16.5. The average molecular weight is 232 g/mol. The summed E-state index contributed by atoms with van der Waals surface area (Å²) >= 11 is 0. The number of rotatable bonds is 5. The molecule has 1 aromatic rings. The fraction of sp³-hybridized carbons (Fsp3) is 0.467. The number of para-hydroxylation sites is 1. The van der Waals surface area contributed by atoms with Gasteiger partial charge in [0.25, 0.3) is 0 Å². The second-order valence-corrected chi connectivity index (χ2v) is 5.06. The zero-order valence-electron chi connectivity index (χ0n) is 10.7. The number of hydrogen-bond donors (Lipinski definition) is 0. The van der Waals surface area contributed by atoms with Gasteiger partial charge in [-0.15, -0.1) is 6.58 Å². The van der Waals surface area contributed by atoms with Gasteiger partial charge in [-0.3, -0.25) is 0 Å². The Hall–Kier alpha value is -1.44. The van der Waals surface area contributed by atoms with E-state index in [4.69, 9.17) is 9.47 Å². The predicted octanol–water partition coefficient (Wildman–Crippen LogP) is 3.75. The van der Waals surface area contributed by atoms with Crippen molar-refractivity contribution in [3.63, 3.8) is 0 Å². The lowest BCUT2D eigenvalue weighted by molar-refractivity contribution is 0.132. The highest BCUT2D eigenvalue weighted by molar-refractivity contribution is 5.50. The van der Waals surface area contributed by atoms with E-state index in [9.17, 15) is 0 Å². The van der Waals surface area contributed by atoms with Crippen molar-refractivity contribution < 1.29 is 9.47 Å². The Bertz CT molecular complexity index is 407. The first-order valence-corrected chi connectivity index (χ1v) is 6.17. The van der Waals surface area contributed by atoms with Crippen molar-refractivity contribution in [3.05, 3.63) is 36.4 Å². The first-order chi connectivity index (χ1) is 8.12. The quantitative estimate of drug-likeness (QED) is 0.568. The summed E-state index contributed by atoms with van der Waals surface area (Å²) < 4.78 is 11.7. The van der Waals surface area contributed by atoms with Gasteiger partial charge in [0.2, 0.25) is 0 Å². The van der Waals surface area contributed by atoms with E-state index in [0.29, 0.717) is 6.61 Å². The lowest BCUT2D eigenvalue weighted by atomic mass is 10.0. The summed E-state index contributed by atoms with van der Waals surface area (Å²) in [5.41, 5.74) is 1.14. The van der Waals surface area contributed by atoms with Crippen molar-refractivity contribution in [2.45, 2.75) is 38.7 Å². The van der Waals surface area contributed by atoms with Crippen LogP contribution in [0.25, 0.3) is 0 Å². The molecule has 0 radical (unpaired) electrons. The highest BCUT2D eigenvalue weighted by Gasteiger charge is 2.32. The first kappa shape index (κ1) is 12.0. The number of fused-ring (bicyclic) bond motifs is 1. The largest absolute Gasteiger partial charge is 0.490 e. The van der Waals surface area contributed by atoms with Crippen LogP contribution in [0.3, 0.4) is 0 Å². The number of ether oxygens (including phenoxy) is 2. The van der Waals surface area contributed by atoms with Crippen molar-refractivity contribution in [2.75, 3.05) is 6.61 Å². The van der Waals surface area contributed by atoms with E-state index in [1.807, 2.05) is 18.2 Å². The van der Waals surface area contributed by atoms with Crippen molar-refractivity contribution in [2.24, 2.45) is 0 Å². The van der Waals surface area contributed by atoms with Gasteiger partial charge in [-0.2, -0.15) is 0 Å². The minimum atomic E-state index is -0.108. The van der Waals surface area contributed by atoms with Gasteiger partial charge in [-0.05, 0) is 32.8 Å². The van der Waals surface area contributed by atoms with Crippen LogP contribution in [0.2, 0.25) is 0 Å². The zero-order valence-corrected chi connectivity index (χ0v) is 10.7. The third-order valence-corrected chi connectivity index (χ3v) is 2.87. The molecule has 2 nitrogen and oxygen atoms in total. The molecule has 0 N–H and O–H groups in total. The summed E-state index contributed by atoms with van der Waals surface area (Å²) in [5, 5.41) is 0. The maximum Gasteiger partial charge on any atom is 0.165 e. The molecule has 0 saturated heterocycles. The maximum atomic E-state index is 5.94. The number of benzene rings is 1. The lowest BCUT2D eigenvalue weighted by Gasteiger charge is -2.18. The minimum absolute atomic E-state index is 0.108. The Balaban J connectivity index is 2.05. The van der Waals surface area contributed by atoms with Gasteiger partial charge in [0.1, 0.15) is 5.60 Å². The second kappa shape index (κ2) is 4.82. The van der Waals surface area contributed by atoms with Crippen LogP contribution in [-0.4, -0.2) is 12.2 Å². The number of hydrogen-bond acceptors (Lipinski definition) is 2. The molecule has 0 amide bonds. The van der Waals surface area contributed by atoms with Crippen LogP contribution in [0.4, 0.5) is 0 Å². The summed E-state index contributed by atoms with van der Waals surface area (Å²) in [4.78, 5) is 0. The molecule has 92 valence electrons. The summed E-state index contributed by atoms with van der Waals surface area (Å²) in [6, 6.07) is 6.13. The summed E-state index contributed by atoms with van der Waals surface area (Å²) in [6.07, 6.45) is 4.85. The standard InChI is InChI=1S/C15H20O2/c1-4-5-6-10-16-13-9-7-8-12-11-15(2,3)17-14(12)13/h4,7-9H,1,5-6,10-11H2,2-3H3. The van der Waals surface area contributed by atoms with Crippen LogP contribution in [0, 0.1) is 0 Å². The zero-order chi connectivity index (χ0) is 12.3. The summed E-state index contributed by atoms with van der Waals surface area (Å²) in [7, 11) is 0. The fourth-order valence-corrected chi connectivity index (χ4v) is 2.11. The maximum absolute atomic E-state index is 5.94. The molecular weight excluding hydrogens is 212 g/mol. The van der Waals surface area contributed by atoms with Gasteiger partial charge in [0, 0.05) is 12.0 Å². The molecule has 0 aliphatic carbocycles. The Morgan fingerprint density at radius 1 is 1.47 bits per heavy atom. The average Bonchev–Trinajstić information content (AvgIpc) is 2.59. The third kappa shape index (κ3) is 2.82. The van der Waals surface area contributed by atoms with E-state index in [1.165, 1.54) is 5.56 Å². The molecule has 0 aromatic heterocycles. The molecule has 0 saturated carbocycles. The molecule has 1 aliphatic heterocycles. The molecule has 0 fully saturated rings. The van der Waals surface area contributed by atoms with Gasteiger partial charge in [0.05, 0.1) is 6.61 Å². The fourth-order valence-electron chi connectivity index (χ4n) is 2.11. The van der Waals surface area contributed by atoms with E-state index in [-0.39, 0.29) is 5.60 Å². The Morgan fingerprint density at radius 3 is 3.06 bits per heavy atom. The topological polar surface area (TPSA) is 18.5 Å². The first-order valence-electron chi connectivity index (χ1n) is 6.17. The van der Waals surface area contributed by atoms with Gasteiger partial charge in [0.15, 0.2) is 11.5 Å². The van der Waals surface area contributed by atoms with Crippen LogP contribution in [0.15, 0.2) is 30.9 Å². The predicted molar refractivity (Wildman–Crippen MR) is 69.8 cm³/mol. The van der Waals surface area contributed by atoms with Gasteiger partial charge in [-0.25, -0.2) is 0 Å². The molecule has 0 atom stereocenters. The van der Waals surface area contributed by atoms with E-state index in [2.05, 4.69) is 26.5 Å². The van der Waals surface area contributed by atoms with Crippen molar-refractivity contribution in [1.29, 1.82) is 0 Å². The lowest BCUT2D eigenvalue weighted by Crippen LogP contribution is -2.24. The monoisotopic (exact) mass is 232 g/mol. The smallest absolute Gasteiger partial charge is 0.165 e. The summed E-state index contributed by atoms with van der Waals surface area (Å²) in [5.74, 6) is 1.80. The molecule has 0 unspecified atom stereocenters. The van der Waals surface area contributed by atoms with Crippen LogP contribution >= 0.6 is 0 Å². The van der Waals surface area contributed by atoms with Gasteiger partial charge < -0.3 is 9.47 Å². The van der Waals surface area contributed by atoms with E-state index in [0.717, 1.165) is 30.8 Å². The molecule has 2 heteroatoms. The molecule has 2 rings (SSSR count). The van der Waals surface area contributed by atoms with E-state index in [1.54, 1.807) is 0 Å². The minimum Gasteiger partial charge on any atom is -0.490 e. The van der Waals surface area contributed by atoms with E-state index >= 15 is 0 Å². The van der Waals surface area contributed by atoms with Crippen molar-refractivity contribution in [3.8, 4) is 11.5 Å². The Kier molecular flexibility index (Phi) is 3.41. The number of unbranched alkanes of at least 4 members (excludes halogenated alkanes) is 1. The Morgan fingerprint density at radius 2 is 2.29 bits per heavy atom. The third-order valence-electron chi connectivity index (χ3n) is 2.87. The van der Waals surface area contributed by atoms with Crippen molar-refractivity contribution in [1.82, 2.24) is 0 Å². The molecule has 17 heavy (non-hydrogen) atoms. The highest BCUT2D eigenvalue weighted by Crippen LogP contribution is 2.41.